The summed E-state index contributed by atoms with van der Waals surface area (Å²) in [6.45, 7) is 1.49. The second kappa shape index (κ2) is 6.57. The number of carbonyl (C=O) groups excluding carboxylic acids is 1. The van der Waals surface area contributed by atoms with Crippen LogP contribution in [-0.2, 0) is 0 Å². The fourth-order valence-electron chi connectivity index (χ4n) is 2.52. The molecule has 0 radical (unpaired) electrons. The van der Waals surface area contributed by atoms with Gasteiger partial charge < -0.3 is 5.73 Å². The zero-order valence-corrected chi connectivity index (χ0v) is 13.8. The van der Waals surface area contributed by atoms with Crippen LogP contribution in [0.3, 0.4) is 0 Å². The van der Waals surface area contributed by atoms with Gasteiger partial charge in [0.05, 0.1) is 11.1 Å². The van der Waals surface area contributed by atoms with Crippen molar-refractivity contribution in [3.8, 4) is 11.1 Å². The summed E-state index contributed by atoms with van der Waals surface area (Å²) in [6.07, 6.45) is 1.44. The Labute approximate surface area is 147 Å². The van der Waals surface area contributed by atoms with Gasteiger partial charge in [-0.1, -0.05) is 11.6 Å². The maximum atomic E-state index is 14.3. The summed E-state index contributed by atoms with van der Waals surface area (Å²) in [6, 6.07) is 8.14. The first-order valence-electron chi connectivity index (χ1n) is 7.25. The molecule has 0 aliphatic heterocycles. The predicted molar refractivity (Wildman–Crippen MR) is 93.7 cm³/mol. The molecule has 0 spiro atoms. The molecule has 1 aromatic heterocycles. The van der Waals surface area contributed by atoms with E-state index in [0.717, 1.165) is 12.1 Å². The van der Waals surface area contributed by atoms with Gasteiger partial charge in [0, 0.05) is 22.2 Å². The molecule has 0 saturated carbocycles. The van der Waals surface area contributed by atoms with Crippen LogP contribution in [0.5, 0.6) is 0 Å². The summed E-state index contributed by atoms with van der Waals surface area (Å²) < 4.78 is 28.6. The van der Waals surface area contributed by atoms with E-state index < -0.39 is 17.5 Å². The lowest BCUT2D eigenvalue weighted by Crippen LogP contribution is -2.09. The minimum atomic E-state index is -0.801. The Kier molecular flexibility index (Phi) is 4.46. The average molecular weight is 360 g/mol. The molecule has 0 saturated heterocycles. The molecule has 126 valence electrons. The van der Waals surface area contributed by atoms with Gasteiger partial charge in [-0.15, -0.1) is 0 Å². The number of pyridine rings is 1. The Morgan fingerprint density at radius 2 is 1.84 bits per heavy atom. The van der Waals surface area contributed by atoms with Crippen LogP contribution in [0.1, 0.15) is 17.3 Å². The van der Waals surface area contributed by atoms with Crippen molar-refractivity contribution in [3.05, 3.63) is 64.8 Å². The highest BCUT2D eigenvalue weighted by atomic mass is 35.5. The molecular weight excluding hydrogens is 348 g/mol. The predicted octanol–water partition coefficient (Wildman–Crippen LogP) is 4.35. The topological polar surface area (TPSA) is 68.3 Å². The molecule has 7 heteroatoms. The van der Waals surface area contributed by atoms with Crippen LogP contribution < -0.4 is 5.73 Å². The van der Waals surface area contributed by atoms with E-state index >= 15 is 0 Å². The smallest absolute Gasteiger partial charge is 0.278 e. The lowest BCUT2D eigenvalue weighted by molar-refractivity contribution is 0.100. The number of aromatic nitrogens is 1. The van der Waals surface area contributed by atoms with Gasteiger partial charge in [0.15, 0.2) is 0 Å². The molecule has 1 heterocycles. The van der Waals surface area contributed by atoms with Gasteiger partial charge in [0.2, 0.25) is 0 Å². The van der Waals surface area contributed by atoms with Crippen LogP contribution in [0, 0.1) is 11.6 Å². The largest absolute Gasteiger partial charge is 0.387 e. The Balaban J connectivity index is 2.27. The summed E-state index contributed by atoms with van der Waals surface area (Å²) >= 11 is 5.68. The van der Waals surface area contributed by atoms with Crippen molar-refractivity contribution in [1.82, 2.24) is 4.98 Å². The van der Waals surface area contributed by atoms with Crippen LogP contribution in [0.15, 0.2) is 47.6 Å². The van der Waals surface area contributed by atoms with Crippen molar-refractivity contribution in [1.29, 1.82) is 0 Å². The van der Waals surface area contributed by atoms with Crippen molar-refractivity contribution in [3.63, 3.8) is 0 Å². The van der Waals surface area contributed by atoms with Gasteiger partial charge in [0.25, 0.3) is 5.91 Å². The maximum absolute atomic E-state index is 14.3. The van der Waals surface area contributed by atoms with E-state index in [1.807, 2.05) is 0 Å². The number of hydrogen-bond donors (Lipinski definition) is 1. The third-order valence-electron chi connectivity index (χ3n) is 3.54. The summed E-state index contributed by atoms with van der Waals surface area (Å²) in [7, 11) is 0. The highest BCUT2D eigenvalue weighted by molar-refractivity contribution is 6.30. The number of hydrogen-bond acceptors (Lipinski definition) is 2. The molecule has 0 fully saturated rings. The Hall–Kier alpha value is -2.86. The summed E-state index contributed by atoms with van der Waals surface area (Å²) in [5, 5.41) is 0.374. The minimum Gasteiger partial charge on any atom is -0.387 e. The fraction of sp³-hybridized carbons (Fsp3) is 0.0556. The van der Waals surface area contributed by atoms with Crippen LogP contribution in [0.4, 0.5) is 8.78 Å². The third kappa shape index (κ3) is 3.34. The van der Waals surface area contributed by atoms with Gasteiger partial charge in [-0.2, -0.15) is 4.99 Å². The second-order valence-corrected chi connectivity index (χ2v) is 5.83. The highest BCUT2D eigenvalue weighted by Crippen LogP contribution is 2.33. The third-order valence-corrected chi connectivity index (χ3v) is 3.76. The van der Waals surface area contributed by atoms with E-state index in [9.17, 15) is 13.6 Å². The van der Waals surface area contributed by atoms with Crippen molar-refractivity contribution >= 4 is 34.2 Å². The molecule has 0 atom stereocenters. The lowest BCUT2D eigenvalue weighted by atomic mass is 9.98. The number of nitrogens with two attached hydrogens (primary N) is 1. The second-order valence-electron chi connectivity index (χ2n) is 5.39. The molecule has 1 amide bonds. The van der Waals surface area contributed by atoms with Crippen LogP contribution in [0.25, 0.3) is 22.0 Å². The van der Waals surface area contributed by atoms with E-state index in [4.69, 9.17) is 17.3 Å². The van der Waals surface area contributed by atoms with Crippen molar-refractivity contribution in [2.45, 2.75) is 6.92 Å². The zero-order chi connectivity index (χ0) is 18.1. The Morgan fingerprint density at radius 3 is 2.48 bits per heavy atom. The molecule has 2 N–H and O–H groups in total. The van der Waals surface area contributed by atoms with Gasteiger partial charge in [-0.05, 0) is 48.9 Å². The molecule has 3 rings (SSSR count). The van der Waals surface area contributed by atoms with E-state index in [1.165, 1.54) is 31.3 Å². The molecule has 4 nitrogen and oxygen atoms in total. The number of amides is 1. The minimum absolute atomic E-state index is 0.0410. The first kappa shape index (κ1) is 17.0. The number of aliphatic imine (C=N–C) groups is 1. The summed E-state index contributed by atoms with van der Waals surface area (Å²) in [4.78, 5) is 19.9. The number of fused-ring (bicyclic) bond motifs is 1. The van der Waals surface area contributed by atoms with E-state index in [-0.39, 0.29) is 27.5 Å². The van der Waals surface area contributed by atoms with Gasteiger partial charge >= 0.3 is 0 Å². The SMILES string of the molecule is C/C(N)=N\C(=O)c1ccc2nccc(-c3c(F)cc(Cl)cc3F)c2c1. The molecular formula is C18H12ClF2N3O. The number of rotatable bonds is 2. The molecule has 3 aromatic rings. The van der Waals surface area contributed by atoms with Gasteiger partial charge in [-0.3, -0.25) is 9.78 Å². The highest BCUT2D eigenvalue weighted by Gasteiger charge is 2.17. The van der Waals surface area contributed by atoms with Crippen molar-refractivity contribution in [2.24, 2.45) is 10.7 Å². The summed E-state index contributed by atoms with van der Waals surface area (Å²) in [5.74, 6) is -2.03. The van der Waals surface area contributed by atoms with Gasteiger partial charge in [-0.25, -0.2) is 8.78 Å². The van der Waals surface area contributed by atoms with Crippen LogP contribution in [0.2, 0.25) is 5.02 Å². The molecule has 0 bridgehead atoms. The van der Waals surface area contributed by atoms with E-state index in [2.05, 4.69) is 9.98 Å². The Bertz CT molecular complexity index is 1010. The first-order chi connectivity index (χ1) is 11.9. The van der Waals surface area contributed by atoms with Gasteiger partial charge in [0.1, 0.15) is 17.5 Å². The molecule has 2 aromatic carbocycles. The first-order valence-corrected chi connectivity index (χ1v) is 7.63. The number of nitrogens with zero attached hydrogens (tertiary/aromatic N) is 2. The average Bonchev–Trinajstić information content (AvgIpc) is 2.53. The van der Waals surface area contributed by atoms with Crippen molar-refractivity contribution < 1.29 is 13.6 Å². The normalized spacial score (nSPS) is 11.8. The van der Waals surface area contributed by atoms with Crippen LogP contribution in [-0.4, -0.2) is 16.7 Å². The Morgan fingerprint density at radius 1 is 1.16 bits per heavy atom. The number of halogens is 3. The number of carbonyl (C=O) groups is 1. The van der Waals surface area contributed by atoms with Crippen LogP contribution >= 0.6 is 11.6 Å². The van der Waals surface area contributed by atoms with Crippen molar-refractivity contribution in [2.75, 3.05) is 0 Å². The summed E-state index contributed by atoms with van der Waals surface area (Å²) in [5.41, 5.74) is 6.17. The molecule has 25 heavy (non-hydrogen) atoms. The number of benzene rings is 2. The van der Waals surface area contributed by atoms with E-state index in [1.54, 1.807) is 6.07 Å². The quantitative estimate of drug-likeness (QED) is 0.546. The molecule has 0 aliphatic rings. The molecule has 0 aliphatic carbocycles. The fourth-order valence-corrected chi connectivity index (χ4v) is 2.71. The van der Waals surface area contributed by atoms with E-state index in [0.29, 0.717) is 10.9 Å². The number of amidine groups is 1. The zero-order valence-electron chi connectivity index (χ0n) is 13.1. The standard InChI is InChI=1S/C18H12ClF2N3O/c1-9(22)24-18(25)10-2-3-16-13(6-10)12(4-5-23-16)17-14(20)7-11(19)8-15(17)21/h2-8H,1H3,(H2,22,24,25). The lowest BCUT2D eigenvalue weighted by Gasteiger charge is -2.10. The monoisotopic (exact) mass is 359 g/mol. The molecule has 0 unspecified atom stereocenters. The maximum Gasteiger partial charge on any atom is 0.278 e.